The van der Waals surface area contributed by atoms with Gasteiger partial charge in [-0.15, -0.1) is 0 Å². The van der Waals surface area contributed by atoms with E-state index < -0.39 is 35.6 Å². The normalized spacial score (nSPS) is 11.7. The van der Waals surface area contributed by atoms with Crippen molar-refractivity contribution < 1.29 is 37.1 Å². The summed E-state index contributed by atoms with van der Waals surface area (Å²) in [7, 11) is 4.75. The van der Waals surface area contributed by atoms with Crippen LogP contribution < -0.4 is 5.32 Å². The molecular weight excluding hydrogens is 623 g/mol. The molecule has 3 amide bonds. The third-order valence-corrected chi connectivity index (χ3v) is 7.76. The average Bonchev–Trinajstić information content (AvgIpc) is 3.08. The van der Waals surface area contributed by atoms with Crippen molar-refractivity contribution in [1.82, 2.24) is 9.80 Å². The number of likely N-dealkylation sites (N-methyl/N-ethyl adjacent to an activating group) is 1. The third kappa shape index (κ3) is 8.67. The maximum absolute atomic E-state index is 13.5. The summed E-state index contributed by atoms with van der Waals surface area (Å²) in [5.74, 6) is -1.69. The summed E-state index contributed by atoms with van der Waals surface area (Å²) in [4.78, 5) is 55.0. The molecule has 0 aromatic heterocycles. The van der Waals surface area contributed by atoms with E-state index in [1.165, 1.54) is 35.2 Å². The van der Waals surface area contributed by atoms with Crippen LogP contribution in [0.4, 0.5) is 18.9 Å². The topological polar surface area (TPSA) is 96.0 Å². The van der Waals surface area contributed by atoms with Crippen LogP contribution in [0.3, 0.4) is 0 Å². The average molecular weight is 660 g/mol. The Hall–Kier alpha value is -5.45. The monoisotopic (exact) mass is 659 g/mol. The number of carbonyl (C=O) groups excluding carboxylic acids is 4. The lowest BCUT2D eigenvalue weighted by Gasteiger charge is -2.28. The number of benzene rings is 4. The molecule has 11 heteroatoms. The van der Waals surface area contributed by atoms with Gasteiger partial charge in [0.1, 0.15) is 6.61 Å². The minimum absolute atomic E-state index is 0.0684. The van der Waals surface area contributed by atoms with E-state index in [1.54, 1.807) is 57.2 Å². The SMILES string of the molecule is CCC(=O)N(C)C(COC(=O)Cc1ccc(NC(=O)c2ccccc2-c2ccc(C(F)(F)F)cc2)c(C(=O)N(C)C)c1)c1ccccc1. The number of halogens is 3. The highest BCUT2D eigenvalue weighted by molar-refractivity contribution is 6.11. The summed E-state index contributed by atoms with van der Waals surface area (Å²) in [5, 5.41) is 2.76. The van der Waals surface area contributed by atoms with Gasteiger partial charge >= 0.3 is 12.1 Å². The number of esters is 1. The van der Waals surface area contributed by atoms with Crippen molar-refractivity contribution in [2.45, 2.75) is 32.0 Å². The van der Waals surface area contributed by atoms with Crippen LogP contribution >= 0.6 is 0 Å². The number of nitrogens with one attached hydrogen (secondary N) is 1. The number of ether oxygens (including phenoxy) is 1. The fourth-order valence-electron chi connectivity index (χ4n) is 5.11. The quantitative estimate of drug-likeness (QED) is 0.175. The van der Waals surface area contributed by atoms with E-state index in [-0.39, 0.29) is 35.7 Å². The van der Waals surface area contributed by atoms with Gasteiger partial charge in [-0.25, -0.2) is 0 Å². The molecule has 4 aromatic rings. The Kier molecular flexibility index (Phi) is 11.4. The molecule has 0 bridgehead atoms. The van der Waals surface area contributed by atoms with E-state index >= 15 is 0 Å². The van der Waals surface area contributed by atoms with Crippen molar-refractivity contribution in [3.8, 4) is 11.1 Å². The zero-order valence-electron chi connectivity index (χ0n) is 27.0. The van der Waals surface area contributed by atoms with Crippen LogP contribution in [0.25, 0.3) is 11.1 Å². The lowest BCUT2D eigenvalue weighted by Crippen LogP contribution is -2.34. The first-order valence-corrected chi connectivity index (χ1v) is 15.2. The van der Waals surface area contributed by atoms with Gasteiger partial charge in [-0.05, 0) is 52.6 Å². The molecule has 4 aromatic carbocycles. The van der Waals surface area contributed by atoms with Crippen molar-refractivity contribution >= 4 is 29.4 Å². The Morgan fingerprint density at radius 1 is 0.812 bits per heavy atom. The van der Waals surface area contributed by atoms with Crippen LogP contribution in [0.1, 0.15) is 56.8 Å². The molecule has 1 unspecified atom stereocenters. The number of amides is 3. The van der Waals surface area contributed by atoms with Crippen molar-refractivity contribution in [1.29, 1.82) is 0 Å². The lowest BCUT2D eigenvalue weighted by molar-refractivity contribution is -0.147. The van der Waals surface area contributed by atoms with Crippen LogP contribution in [0.15, 0.2) is 97.1 Å². The zero-order chi connectivity index (χ0) is 35.0. The fraction of sp³-hybridized carbons (Fsp3) is 0.243. The molecule has 0 radical (unpaired) electrons. The summed E-state index contributed by atoms with van der Waals surface area (Å²) in [6, 6.07) is 24.3. The highest BCUT2D eigenvalue weighted by Crippen LogP contribution is 2.32. The molecule has 0 saturated carbocycles. The molecule has 0 saturated heterocycles. The van der Waals surface area contributed by atoms with Crippen LogP contribution in [-0.4, -0.2) is 61.2 Å². The molecule has 0 aliphatic carbocycles. The first-order chi connectivity index (χ1) is 22.8. The van der Waals surface area contributed by atoms with E-state index in [0.29, 0.717) is 23.1 Å². The summed E-state index contributed by atoms with van der Waals surface area (Å²) < 4.78 is 44.9. The number of rotatable bonds is 11. The molecule has 0 spiro atoms. The molecule has 250 valence electrons. The predicted octanol–water partition coefficient (Wildman–Crippen LogP) is 7.02. The third-order valence-electron chi connectivity index (χ3n) is 7.76. The molecule has 0 heterocycles. The fourth-order valence-corrected chi connectivity index (χ4v) is 5.11. The molecule has 8 nitrogen and oxygen atoms in total. The molecule has 4 rings (SSSR count). The van der Waals surface area contributed by atoms with Gasteiger partial charge in [0.25, 0.3) is 11.8 Å². The first-order valence-electron chi connectivity index (χ1n) is 15.2. The molecule has 48 heavy (non-hydrogen) atoms. The first kappa shape index (κ1) is 35.4. The molecule has 1 N–H and O–H groups in total. The minimum atomic E-state index is -4.50. The molecule has 0 aliphatic heterocycles. The van der Waals surface area contributed by atoms with Gasteiger partial charge in [0.15, 0.2) is 0 Å². The second-order valence-corrected chi connectivity index (χ2v) is 11.3. The molecule has 1 atom stereocenters. The summed E-state index contributed by atoms with van der Waals surface area (Å²) in [6.45, 7) is 1.69. The van der Waals surface area contributed by atoms with E-state index in [1.807, 2.05) is 30.3 Å². The largest absolute Gasteiger partial charge is 0.463 e. The Labute approximate surface area is 277 Å². The standard InChI is InChI=1S/C37H36F3N3O5/c1-5-33(44)43(4)32(26-11-7-6-8-12-26)23-48-34(45)22-24-15-20-31(30(21-24)36(47)42(2)3)41-35(46)29-14-10-9-13-28(29)25-16-18-27(19-17-25)37(38,39)40/h6-21,32H,5,22-23H2,1-4H3,(H,41,46). The van der Waals surface area contributed by atoms with Gasteiger partial charge in [0, 0.05) is 33.1 Å². The second kappa shape index (κ2) is 15.4. The number of hydrogen-bond donors (Lipinski definition) is 1. The molecule has 0 fully saturated rings. The van der Waals surface area contributed by atoms with Gasteiger partial charge in [-0.3, -0.25) is 19.2 Å². The number of nitrogens with zero attached hydrogens (tertiary/aromatic N) is 2. The summed E-state index contributed by atoms with van der Waals surface area (Å²) in [5.41, 5.74) is 1.78. The van der Waals surface area contributed by atoms with E-state index in [2.05, 4.69) is 5.32 Å². The van der Waals surface area contributed by atoms with Crippen molar-refractivity contribution in [2.75, 3.05) is 33.1 Å². The summed E-state index contributed by atoms with van der Waals surface area (Å²) >= 11 is 0. The number of alkyl halides is 3. The molecular formula is C37H36F3N3O5. The number of hydrogen-bond acceptors (Lipinski definition) is 5. The van der Waals surface area contributed by atoms with E-state index in [4.69, 9.17) is 4.74 Å². The van der Waals surface area contributed by atoms with Gasteiger partial charge < -0.3 is 19.9 Å². The van der Waals surface area contributed by atoms with Crippen LogP contribution in [0, 0.1) is 0 Å². The van der Waals surface area contributed by atoms with E-state index in [0.717, 1.165) is 17.7 Å². The Morgan fingerprint density at radius 2 is 1.46 bits per heavy atom. The Bertz CT molecular complexity index is 1770. The van der Waals surface area contributed by atoms with Gasteiger partial charge in [-0.1, -0.05) is 73.7 Å². The highest BCUT2D eigenvalue weighted by atomic mass is 19.4. The van der Waals surface area contributed by atoms with Crippen LogP contribution in [0.2, 0.25) is 0 Å². The highest BCUT2D eigenvalue weighted by Gasteiger charge is 2.30. The van der Waals surface area contributed by atoms with Crippen molar-refractivity contribution in [2.24, 2.45) is 0 Å². The van der Waals surface area contributed by atoms with Gasteiger partial charge in [0.2, 0.25) is 5.91 Å². The smallest absolute Gasteiger partial charge is 0.416 e. The Balaban J connectivity index is 1.54. The van der Waals surface area contributed by atoms with E-state index in [9.17, 15) is 32.3 Å². The predicted molar refractivity (Wildman–Crippen MR) is 176 cm³/mol. The van der Waals surface area contributed by atoms with Gasteiger partial charge in [0.05, 0.1) is 29.3 Å². The summed E-state index contributed by atoms with van der Waals surface area (Å²) in [6.07, 6.45) is -4.38. The van der Waals surface area contributed by atoms with Crippen molar-refractivity contribution in [3.63, 3.8) is 0 Å². The maximum atomic E-state index is 13.5. The number of carbonyl (C=O) groups is 4. The van der Waals surface area contributed by atoms with Gasteiger partial charge in [-0.2, -0.15) is 13.2 Å². The zero-order valence-corrected chi connectivity index (χ0v) is 27.0. The lowest BCUT2D eigenvalue weighted by atomic mass is 9.97. The van der Waals surface area contributed by atoms with Crippen LogP contribution in [0.5, 0.6) is 0 Å². The van der Waals surface area contributed by atoms with Crippen LogP contribution in [-0.2, 0) is 26.9 Å². The number of anilines is 1. The van der Waals surface area contributed by atoms with Crippen molar-refractivity contribution in [3.05, 3.63) is 125 Å². The minimum Gasteiger partial charge on any atom is -0.463 e. The molecule has 0 aliphatic rings. The second-order valence-electron chi connectivity index (χ2n) is 11.3. The maximum Gasteiger partial charge on any atom is 0.416 e. The Morgan fingerprint density at radius 3 is 2.08 bits per heavy atom.